The summed E-state index contributed by atoms with van der Waals surface area (Å²) in [6.07, 6.45) is 7.49. The topological polar surface area (TPSA) is 93.8 Å². The third-order valence-corrected chi connectivity index (χ3v) is 4.95. The van der Waals surface area contributed by atoms with Crippen LogP contribution in [-0.4, -0.2) is 60.1 Å². The van der Waals surface area contributed by atoms with Gasteiger partial charge in [0, 0.05) is 31.6 Å². The van der Waals surface area contributed by atoms with Crippen molar-refractivity contribution < 1.29 is 4.79 Å². The molecule has 2 aromatic rings. The number of rotatable bonds is 5. The summed E-state index contributed by atoms with van der Waals surface area (Å²) in [5.41, 5.74) is 0. The summed E-state index contributed by atoms with van der Waals surface area (Å²) in [6, 6.07) is 0.557. The lowest BCUT2D eigenvalue weighted by Crippen LogP contribution is -2.44. The van der Waals surface area contributed by atoms with E-state index in [4.69, 9.17) is 0 Å². The third kappa shape index (κ3) is 3.35. The van der Waals surface area contributed by atoms with E-state index >= 15 is 0 Å². The first-order chi connectivity index (χ1) is 12.3. The van der Waals surface area contributed by atoms with Crippen molar-refractivity contribution in [2.24, 2.45) is 0 Å². The fourth-order valence-electron chi connectivity index (χ4n) is 3.52. The number of piperidine rings is 1. The number of nitrogens with zero attached hydrogens (tertiary/aromatic N) is 7. The molecule has 2 fully saturated rings. The molecule has 2 aliphatic rings. The molecule has 2 amide bonds. The van der Waals surface area contributed by atoms with Gasteiger partial charge in [0.15, 0.2) is 5.82 Å². The van der Waals surface area contributed by atoms with Gasteiger partial charge in [0.25, 0.3) is 0 Å². The summed E-state index contributed by atoms with van der Waals surface area (Å²) in [5.74, 6) is 2.39. The summed E-state index contributed by atoms with van der Waals surface area (Å²) in [7, 11) is 0. The van der Waals surface area contributed by atoms with Crippen LogP contribution in [0.2, 0.25) is 0 Å². The quantitative estimate of drug-likeness (QED) is 0.878. The molecule has 0 atom stereocenters. The Hall–Kier alpha value is -2.45. The molecule has 1 saturated carbocycles. The van der Waals surface area contributed by atoms with Gasteiger partial charge in [-0.15, -0.1) is 10.2 Å². The van der Waals surface area contributed by atoms with Crippen LogP contribution in [0.4, 0.5) is 4.79 Å². The molecule has 2 aromatic heterocycles. The van der Waals surface area contributed by atoms with Crippen molar-refractivity contribution in [1.82, 2.24) is 39.7 Å². The summed E-state index contributed by atoms with van der Waals surface area (Å²) in [4.78, 5) is 17.9. The number of carbonyl (C=O) groups excluding carboxylic acids is 1. The van der Waals surface area contributed by atoms with Crippen LogP contribution in [0.15, 0.2) is 12.7 Å². The number of nitrogens with one attached hydrogen (secondary N) is 1. The van der Waals surface area contributed by atoms with Crippen molar-refractivity contribution in [3.63, 3.8) is 0 Å². The van der Waals surface area contributed by atoms with E-state index in [1.807, 2.05) is 11.8 Å². The molecule has 9 heteroatoms. The smallest absolute Gasteiger partial charge is 0.317 e. The highest BCUT2D eigenvalue weighted by Gasteiger charge is 2.34. The van der Waals surface area contributed by atoms with E-state index in [9.17, 15) is 4.79 Å². The molecule has 1 saturated heterocycles. The molecule has 3 heterocycles. The van der Waals surface area contributed by atoms with Crippen molar-refractivity contribution >= 4 is 6.03 Å². The highest BCUT2D eigenvalue weighted by molar-refractivity contribution is 5.74. The zero-order valence-corrected chi connectivity index (χ0v) is 14.5. The van der Waals surface area contributed by atoms with Gasteiger partial charge in [-0.05, 0) is 32.6 Å². The van der Waals surface area contributed by atoms with Crippen molar-refractivity contribution in [1.29, 1.82) is 0 Å². The van der Waals surface area contributed by atoms with Crippen LogP contribution in [0.1, 0.15) is 56.2 Å². The second kappa shape index (κ2) is 6.81. The maximum atomic E-state index is 12.0. The summed E-state index contributed by atoms with van der Waals surface area (Å²) >= 11 is 0. The Morgan fingerprint density at radius 3 is 2.68 bits per heavy atom. The van der Waals surface area contributed by atoms with Gasteiger partial charge in [-0.25, -0.2) is 14.5 Å². The molecular weight excluding hydrogens is 320 g/mol. The lowest BCUT2D eigenvalue weighted by Gasteiger charge is -2.31. The van der Waals surface area contributed by atoms with E-state index in [1.165, 1.54) is 19.2 Å². The Morgan fingerprint density at radius 1 is 1.24 bits per heavy atom. The molecule has 4 rings (SSSR count). The lowest BCUT2D eigenvalue weighted by atomic mass is 9.96. The summed E-state index contributed by atoms with van der Waals surface area (Å²) in [5, 5.41) is 16.0. The van der Waals surface area contributed by atoms with Crippen LogP contribution >= 0.6 is 0 Å². The number of likely N-dealkylation sites (tertiary alicyclic amines) is 1. The number of hydrogen-bond acceptors (Lipinski definition) is 5. The maximum Gasteiger partial charge on any atom is 0.317 e. The monoisotopic (exact) mass is 344 g/mol. The van der Waals surface area contributed by atoms with Gasteiger partial charge < -0.3 is 14.8 Å². The third-order valence-electron chi connectivity index (χ3n) is 4.95. The van der Waals surface area contributed by atoms with Gasteiger partial charge in [0.2, 0.25) is 0 Å². The van der Waals surface area contributed by atoms with Gasteiger partial charge in [0.1, 0.15) is 25.0 Å². The van der Waals surface area contributed by atoms with Crippen molar-refractivity contribution in [2.75, 3.05) is 19.6 Å². The van der Waals surface area contributed by atoms with Crippen LogP contribution in [0.25, 0.3) is 0 Å². The van der Waals surface area contributed by atoms with Crippen LogP contribution in [0.5, 0.6) is 0 Å². The van der Waals surface area contributed by atoms with Gasteiger partial charge in [0.05, 0.1) is 0 Å². The van der Waals surface area contributed by atoms with Crippen LogP contribution in [-0.2, 0) is 6.54 Å². The van der Waals surface area contributed by atoms with E-state index in [1.54, 1.807) is 11.0 Å². The van der Waals surface area contributed by atoms with E-state index in [0.29, 0.717) is 25.0 Å². The standard InChI is InChI=1S/C16H24N8O/c1-2-18-16(25)22-7-5-12(6-8-22)15-21-20-14(24(15)13-3-4-13)9-23-11-17-10-19-23/h10-13H,2-9H2,1H3,(H,18,25). The normalized spacial score (nSPS) is 18.5. The first-order valence-corrected chi connectivity index (χ1v) is 9.05. The van der Waals surface area contributed by atoms with Crippen molar-refractivity contribution in [2.45, 2.75) is 51.1 Å². The molecule has 25 heavy (non-hydrogen) atoms. The summed E-state index contributed by atoms with van der Waals surface area (Å²) < 4.78 is 4.10. The second-order valence-electron chi connectivity index (χ2n) is 6.77. The Labute approximate surface area is 146 Å². The molecule has 1 aliphatic carbocycles. The molecule has 9 nitrogen and oxygen atoms in total. The average molecular weight is 344 g/mol. The van der Waals surface area contributed by atoms with E-state index in [2.05, 4.69) is 30.2 Å². The Morgan fingerprint density at radius 2 is 2.04 bits per heavy atom. The largest absolute Gasteiger partial charge is 0.338 e. The Kier molecular flexibility index (Phi) is 4.37. The van der Waals surface area contributed by atoms with Crippen LogP contribution in [0, 0.1) is 0 Å². The number of carbonyl (C=O) groups is 1. The fraction of sp³-hybridized carbons (Fsp3) is 0.688. The SMILES string of the molecule is CCNC(=O)N1CCC(c2nnc(Cn3cncn3)n2C2CC2)CC1. The molecule has 134 valence electrons. The predicted octanol–water partition coefficient (Wildman–Crippen LogP) is 1.16. The molecule has 0 spiro atoms. The van der Waals surface area contributed by atoms with Crippen LogP contribution in [0.3, 0.4) is 0 Å². The minimum Gasteiger partial charge on any atom is -0.338 e. The van der Waals surface area contributed by atoms with Gasteiger partial charge >= 0.3 is 6.03 Å². The number of amides is 2. The predicted molar refractivity (Wildman–Crippen MR) is 90.0 cm³/mol. The Balaban J connectivity index is 1.48. The van der Waals surface area contributed by atoms with Gasteiger partial charge in [-0.3, -0.25) is 0 Å². The maximum absolute atomic E-state index is 12.0. The second-order valence-corrected chi connectivity index (χ2v) is 6.77. The molecule has 0 aromatic carbocycles. The van der Waals surface area contributed by atoms with Gasteiger partial charge in [-0.2, -0.15) is 5.10 Å². The lowest BCUT2D eigenvalue weighted by molar-refractivity contribution is 0.180. The number of hydrogen-bond donors (Lipinski definition) is 1. The number of urea groups is 1. The zero-order valence-electron chi connectivity index (χ0n) is 14.5. The zero-order chi connectivity index (χ0) is 17.2. The molecule has 1 aliphatic heterocycles. The first-order valence-electron chi connectivity index (χ1n) is 9.05. The van der Waals surface area contributed by atoms with E-state index < -0.39 is 0 Å². The Bertz CT molecular complexity index is 713. The fourth-order valence-corrected chi connectivity index (χ4v) is 3.52. The molecular formula is C16H24N8O. The van der Waals surface area contributed by atoms with Crippen LogP contribution < -0.4 is 5.32 Å². The highest BCUT2D eigenvalue weighted by Crippen LogP contribution is 2.39. The molecule has 0 bridgehead atoms. The number of aromatic nitrogens is 6. The van der Waals surface area contributed by atoms with E-state index in [-0.39, 0.29) is 6.03 Å². The minimum absolute atomic E-state index is 0.0384. The minimum atomic E-state index is 0.0384. The molecule has 1 N–H and O–H groups in total. The van der Waals surface area contributed by atoms with Crippen molar-refractivity contribution in [3.05, 3.63) is 24.3 Å². The first kappa shape index (κ1) is 16.0. The van der Waals surface area contributed by atoms with Crippen molar-refractivity contribution in [3.8, 4) is 0 Å². The highest BCUT2D eigenvalue weighted by atomic mass is 16.2. The summed E-state index contributed by atoms with van der Waals surface area (Å²) in [6.45, 7) is 4.75. The molecule has 0 unspecified atom stereocenters. The molecule has 0 radical (unpaired) electrons. The average Bonchev–Trinajstić information content (AvgIpc) is 3.17. The van der Waals surface area contributed by atoms with Gasteiger partial charge in [-0.1, -0.05) is 0 Å². The van der Waals surface area contributed by atoms with E-state index in [0.717, 1.165) is 37.6 Å².